The van der Waals surface area contributed by atoms with Gasteiger partial charge in [0.15, 0.2) is 11.5 Å². The first-order valence-electron chi connectivity index (χ1n) is 8.87. The average Bonchev–Trinajstić information content (AvgIpc) is 3.15. The minimum atomic E-state index is 0.417. The van der Waals surface area contributed by atoms with E-state index in [9.17, 15) is 0 Å². The lowest BCUT2D eigenvalue weighted by molar-refractivity contribution is 0.247. The van der Waals surface area contributed by atoms with Crippen LogP contribution in [0.5, 0.6) is 23.0 Å². The van der Waals surface area contributed by atoms with Crippen molar-refractivity contribution in [3.63, 3.8) is 0 Å². The topological polar surface area (TPSA) is 40.2 Å². The maximum absolute atomic E-state index is 5.48. The van der Waals surface area contributed by atoms with Gasteiger partial charge in [0.1, 0.15) is 5.75 Å². The van der Waals surface area contributed by atoms with E-state index in [1.165, 1.54) is 12.0 Å². The van der Waals surface area contributed by atoms with Gasteiger partial charge in [-0.25, -0.2) is 0 Å². The lowest BCUT2D eigenvalue weighted by Gasteiger charge is -2.25. The van der Waals surface area contributed by atoms with Crippen molar-refractivity contribution in [1.29, 1.82) is 0 Å². The molecule has 26 heavy (non-hydrogen) atoms. The Morgan fingerprint density at radius 1 is 0.885 bits per heavy atom. The number of benzene rings is 2. The Kier molecular flexibility index (Phi) is 5.89. The van der Waals surface area contributed by atoms with E-state index >= 15 is 0 Å². The third kappa shape index (κ3) is 3.73. The summed E-state index contributed by atoms with van der Waals surface area (Å²) in [7, 11) is 6.62. The second-order valence-electron chi connectivity index (χ2n) is 6.44. The standard InChI is InChI=1S/C21H27NO4/c1-23-17-9-7-16(8-10-17)18-6-5-11-22(18)14-15-12-19(24-2)21(26-4)20(13-15)25-3/h7-10,12-13,18H,5-6,11,14H2,1-4H3/t18-/m1/s1. The van der Waals surface area contributed by atoms with E-state index in [2.05, 4.69) is 17.0 Å². The molecule has 1 aliphatic heterocycles. The number of hydrogen-bond donors (Lipinski definition) is 0. The molecular weight excluding hydrogens is 330 g/mol. The van der Waals surface area contributed by atoms with Crippen LogP contribution in [0.15, 0.2) is 36.4 Å². The van der Waals surface area contributed by atoms with Gasteiger partial charge < -0.3 is 18.9 Å². The Labute approximate surface area is 155 Å². The SMILES string of the molecule is COc1ccc([C@H]2CCCN2Cc2cc(OC)c(OC)c(OC)c2)cc1. The highest BCUT2D eigenvalue weighted by Gasteiger charge is 2.26. The molecule has 3 rings (SSSR count). The predicted octanol–water partition coefficient (Wildman–Crippen LogP) is 4.06. The van der Waals surface area contributed by atoms with Gasteiger partial charge in [-0.05, 0) is 54.8 Å². The summed E-state index contributed by atoms with van der Waals surface area (Å²) in [5.74, 6) is 2.92. The molecule has 2 aromatic carbocycles. The molecule has 1 heterocycles. The lowest BCUT2D eigenvalue weighted by atomic mass is 10.0. The van der Waals surface area contributed by atoms with Crippen LogP contribution in [-0.4, -0.2) is 39.9 Å². The van der Waals surface area contributed by atoms with Crippen LogP contribution < -0.4 is 18.9 Å². The van der Waals surface area contributed by atoms with Gasteiger partial charge in [0, 0.05) is 12.6 Å². The number of methoxy groups -OCH3 is 4. The van der Waals surface area contributed by atoms with Gasteiger partial charge in [-0.3, -0.25) is 4.90 Å². The monoisotopic (exact) mass is 357 g/mol. The van der Waals surface area contributed by atoms with Crippen LogP contribution in [0, 0.1) is 0 Å². The number of likely N-dealkylation sites (tertiary alicyclic amines) is 1. The van der Waals surface area contributed by atoms with E-state index in [0.717, 1.165) is 30.8 Å². The summed E-state index contributed by atoms with van der Waals surface area (Å²) in [6.07, 6.45) is 2.36. The minimum Gasteiger partial charge on any atom is -0.497 e. The zero-order valence-corrected chi connectivity index (χ0v) is 16.0. The van der Waals surface area contributed by atoms with Crippen LogP contribution in [0.2, 0.25) is 0 Å². The highest BCUT2D eigenvalue weighted by atomic mass is 16.5. The van der Waals surface area contributed by atoms with Crippen LogP contribution in [0.1, 0.15) is 30.0 Å². The van der Waals surface area contributed by atoms with Crippen LogP contribution >= 0.6 is 0 Å². The van der Waals surface area contributed by atoms with Gasteiger partial charge in [0.25, 0.3) is 0 Å². The molecule has 0 spiro atoms. The molecule has 0 amide bonds. The fourth-order valence-electron chi connectivity index (χ4n) is 3.68. The highest BCUT2D eigenvalue weighted by molar-refractivity contribution is 5.53. The van der Waals surface area contributed by atoms with E-state index in [0.29, 0.717) is 23.3 Å². The second kappa shape index (κ2) is 8.32. The molecule has 1 atom stereocenters. The van der Waals surface area contributed by atoms with Gasteiger partial charge >= 0.3 is 0 Å². The molecule has 0 saturated carbocycles. The maximum Gasteiger partial charge on any atom is 0.203 e. The van der Waals surface area contributed by atoms with E-state index in [4.69, 9.17) is 18.9 Å². The van der Waals surface area contributed by atoms with Crippen molar-refractivity contribution in [1.82, 2.24) is 4.90 Å². The van der Waals surface area contributed by atoms with Crippen molar-refractivity contribution in [3.05, 3.63) is 47.5 Å². The quantitative estimate of drug-likeness (QED) is 0.747. The van der Waals surface area contributed by atoms with E-state index < -0.39 is 0 Å². The molecule has 0 unspecified atom stereocenters. The molecule has 5 heteroatoms. The van der Waals surface area contributed by atoms with E-state index in [1.54, 1.807) is 28.4 Å². The Morgan fingerprint density at radius 2 is 1.54 bits per heavy atom. The molecule has 0 aromatic heterocycles. The Bertz CT molecular complexity index is 704. The molecule has 5 nitrogen and oxygen atoms in total. The lowest BCUT2D eigenvalue weighted by Crippen LogP contribution is -2.22. The van der Waals surface area contributed by atoms with Gasteiger partial charge in [-0.1, -0.05) is 12.1 Å². The Balaban J connectivity index is 1.82. The normalized spacial score (nSPS) is 17.2. The zero-order valence-electron chi connectivity index (χ0n) is 16.0. The third-order valence-corrected chi connectivity index (χ3v) is 4.97. The summed E-state index contributed by atoms with van der Waals surface area (Å²) in [5.41, 5.74) is 2.48. The summed E-state index contributed by atoms with van der Waals surface area (Å²) in [6.45, 7) is 1.92. The molecule has 0 aliphatic carbocycles. The molecule has 0 bridgehead atoms. The predicted molar refractivity (Wildman–Crippen MR) is 101 cm³/mol. The molecule has 1 fully saturated rings. The van der Waals surface area contributed by atoms with Crippen LogP contribution in [0.3, 0.4) is 0 Å². The maximum atomic E-state index is 5.48. The largest absolute Gasteiger partial charge is 0.497 e. The number of rotatable bonds is 7. The van der Waals surface area contributed by atoms with Crippen LogP contribution in [0.25, 0.3) is 0 Å². The van der Waals surface area contributed by atoms with Gasteiger partial charge in [0.2, 0.25) is 5.75 Å². The molecule has 0 radical (unpaired) electrons. The van der Waals surface area contributed by atoms with Gasteiger partial charge in [0.05, 0.1) is 28.4 Å². The Morgan fingerprint density at radius 3 is 2.08 bits per heavy atom. The van der Waals surface area contributed by atoms with Crippen molar-refractivity contribution in [2.45, 2.75) is 25.4 Å². The highest BCUT2D eigenvalue weighted by Crippen LogP contribution is 2.40. The molecular formula is C21H27NO4. The van der Waals surface area contributed by atoms with Crippen molar-refractivity contribution in [3.8, 4) is 23.0 Å². The number of ether oxygens (including phenoxy) is 4. The summed E-state index contributed by atoms with van der Waals surface area (Å²) in [5, 5.41) is 0. The summed E-state index contributed by atoms with van der Waals surface area (Å²) in [6, 6.07) is 12.9. The third-order valence-electron chi connectivity index (χ3n) is 4.97. The minimum absolute atomic E-state index is 0.417. The Hall–Kier alpha value is -2.40. The van der Waals surface area contributed by atoms with E-state index in [-0.39, 0.29) is 0 Å². The average molecular weight is 357 g/mol. The molecule has 0 N–H and O–H groups in total. The fourth-order valence-corrected chi connectivity index (χ4v) is 3.68. The van der Waals surface area contributed by atoms with Crippen molar-refractivity contribution >= 4 is 0 Å². The smallest absolute Gasteiger partial charge is 0.203 e. The van der Waals surface area contributed by atoms with E-state index in [1.807, 2.05) is 24.3 Å². The molecule has 1 saturated heterocycles. The fraction of sp³-hybridized carbons (Fsp3) is 0.429. The van der Waals surface area contributed by atoms with Crippen LogP contribution in [0.4, 0.5) is 0 Å². The second-order valence-corrected chi connectivity index (χ2v) is 6.44. The molecule has 140 valence electrons. The first kappa shape index (κ1) is 18.4. The van der Waals surface area contributed by atoms with Gasteiger partial charge in [-0.15, -0.1) is 0 Å². The summed E-state index contributed by atoms with van der Waals surface area (Å²) < 4.78 is 21.7. The zero-order chi connectivity index (χ0) is 18.5. The first-order chi connectivity index (χ1) is 12.7. The first-order valence-corrected chi connectivity index (χ1v) is 8.87. The molecule has 1 aliphatic rings. The molecule has 2 aromatic rings. The summed E-state index contributed by atoms with van der Waals surface area (Å²) >= 11 is 0. The van der Waals surface area contributed by atoms with Crippen LogP contribution in [-0.2, 0) is 6.54 Å². The summed E-state index contributed by atoms with van der Waals surface area (Å²) in [4.78, 5) is 2.50. The number of nitrogens with zero attached hydrogens (tertiary/aromatic N) is 1. The number of hydrogen-bond acceptors (Lipinski definition) is 5. The van der Waals surface area contributed by atoms with Gasteiger partial charge in [-0.2, -0.15) is 0 Å². The van der Waals surface area contributed by atoms with Crippen molar-refractivity contribution < 1.29 is 18.9 Å². The van der Waals surface area contributed by atoms with Crippen molar-refractivity contribution in [2.75, 3.05) is 35.0 Å². The van der Waals surface area contributed by atoms with Crippen molar-refractivity contribution in [2.24, 2.45) is 0 Å².